The van der Waals surface area contributed by atoms with Crippen LogP contribution in [0.4, 0.5) is 5.69 Å². The molecule has 0 spiro atoms. The fraction of sp³-hybridized carbons (Fsp3) is 0.364. The van der Waals surface area contributed by atoms with Crippen molar-refractivity contribution in [1.82, 2.24) is 5.32 Å². The van der Waals surface area contributed by atoms with Crippen molar-refractivity contribution in [3.63, 3.8) is 0 Å². The summed E-state index contributed by atoms with van der Waals surface area (Å²) in [5, 5.41) is 6.03. The minimum absolute atomic E-state index is 0.0212. The van der Waals surface area contributed by atoms with Gasteiger partial charge in [0.15, 0.2) is 0 Å². The molecule has 26 heavy (non-hydrogen) atoms. The number of hydrogen-bond donors (Lipinski definition) is 2. The van der Waals surface area contributed by atoms with Gasteiger partial charge in [0, 0.05) is 24.1 Å². The molecule has 1 saturated carbocycles. The Balaban J connectivity index is 1.53. The van der Waals surface area contributed by atoms with Gasteiger partial charge >= 0.3 is 0 Å². The predicted molar refractivity (Wildman–Crippen MR) is 102 cm³/mol. The Bertz CT molecular complexity index is 810. The fourth-order valence-corrected chi connectivity index (χ4v) is 4.44. The van der Waals surface area contributed by atoms with Crippen LogP contribution in [-0.2, 0) is 15.0 Å². The van der Waals surface area contributed by atoms with Crippen LogP contribution in [0.2, 0.25) is 0 Å². The SMILES string of the molecule is O=C1CC(C(=O)NCC2(c3ccccc3)CCCC2)c2ccccc2N1. The minimum atomic E-state index is -0.408. The van der Waals surface area contributed by atoms with Crippen molar-refractivity contribution >= 4 is 17.5 Å². The highest BCUT2D eigenvalue weighted by Gasteiger charge is 2.37. The van der Waals surface area contributed by atoms with Crippen LogP contribution in [0.15, 0.2) is 54.6 Å². The number of nitrogens with one attached hydrogen (secondary N) is 2. The van der Waals surface area contributed by atoms with Gasteiger partial charge in [-0.15, -0.1) is 0 Å². The van der Waals surface area contributed by atoms with Crippen molar-refractivity contribution in [2.24, 2.45) is 0 Å². The van der Waals surface area contributed by atoms with E-state index >= 15 is 0 Å². The summed E-state index contributed by atoms with van der Waals surface area (Å²) in [6.45, 7) is 0.635. The van der Waals surface area contributed by atoms with Crippen molar-refractivity contribution < 1.29 is 9.59 Å². The molecule has 2 aromatic carbocycles. The number of hydrogen-bond acceptors (Lipinski definition) is 2. The third kappa shape index (κ3) is 3.12. The maximum atomic E-state index is 12.9. The molecule has 2 aliphatic rings. The summed E-state index contributed by atoms with van der Waals surface area (Å²) < 4.78 is 0. The molecule has 4 rings (SSSR count). The summed E-state index contributed by atoms with van der Waals surface area (Å²) in [5.41, 5.74) is 2.99. The highest BCUT2D eigenvalue weighted by Crippen LogP contribution is 2.41. The van der Waals surface area contributed by atoms with Crippen LogP contribution in [0.1, 0.15) is 49.1 Å². The van der Waals surface area contributed by atoms with Crippen LogP contribution < -0.4 is 10.6 Å². The van der Waals surface area contributed by atoms with Gasteiger partial charge in [-0.25, -0.2) is 0 Å². The average molecular weight is 348 g/mol. The number of carbonyl (C=O) groups is 2. The lowest BCUT2D eigenvalue weighted by Gasteiger charge is -2.31. The molecule has 1 fully saturated rings. The Morgan fingerprint density at radius 3 is 2.50 bits per heavy atom. The third-order valence-corrected chi connectivity index (χ3v) is 5.86. The molecule has 1 atom stereocenters. The molecule has 0 radical (unpaired) electrons. The van der Waals surface area contributed by atoms with Gasteiger partial charge in [0.2, 0.25) is 11.8 Å². The molecule has 4 heteroatoms. The van der Waals surface area contributed by atoms with E-state index in [0.717, 1.165) is 24.1 Å². The number of carbonyl (C=O) groups excluding carboxylic acids is 2. The molecule has 4 nitrogen and oxygen atoms in total. The Morgan fingerprint density at radius 1 is 1.04 bits per heavy atom. The summed E-state index contributed by atoms with van der Waals surface area (Å²) in [5.74, 6) is -0.550. The molecule has 134 valence electrons. The summed E-state index contributed by atoms with van der Waals surface area (Å²) in [7, 11) is 0. The van der Waals surface area contributed by atoms with Gasteiger partial charge in [0.1, 0.15) is 0 Å². The van der Waals surface area contributed by atoms with Crippen molar-refractivity contribution in [3.8, 4) is 0 Å². The van der Waals surface area contributed by atoms with Gasteiger partial charge in [-0.2, -0.15) is 0 Å². The molecule has 2 N–H and O–H groups in total. The second-order valence-corrected chi connectivity index (χ2v) is 7.46. The number of amides is 2. The van der Waals surface area contributed by atoms with Crippen LogP contribution in [0.5, 0.6) is 0 Å². The standard InChI is InChI=1S/C22H24N2O2/c25-20-14-18(17-10-4-5-11-19(17)24-20)21(26)23-15-22(12-6-7-13-22)16-8-2-1-3-9-16/h1-5,8-11,18H,6-7,12-15H2,(H,23,26)(H,24,25). The van der Waals surface area contributed by atoms with Gasteiger partial charge in [-0.3, -0.25) is 9.59 Å². The van der Waals surface area contributed by atoms with Crippen molar-refractivity contribution in [3.05, 3.63) is 65.7 Å². The quantitative estimate of drug-likeness (QED) is 0.884. The molecular weight excluding hydrogens is 324 g/mol. The Morgan fingerprint density at radius 2 is 1.73 bits per heavy atom. The molecule has 1 aliphatic carbocycles. The lowest BCUT2D eigenvalue weighted by Crippen LogP contribution is -2.42. The number of benzene rings is 2. The van der Waals surface area contributed by atoms with Crippen LogP contribution in [0.25, 0.3) is 0 Å². The van der Waals surface area contributed by atoms with E-state index in [0.29, 0.717) is 6.54 Å². The molecule has 0 aromatic heterocycles. The van der Waals surface area contributed by atoms with E-state index in [9.17, 15) is 9.59 Å². The van der Waals surface area contributed by atoms with E-state index in [1.54, 1.807) is 0 Å². The maximum Gasteiger partial charge on any atom is 0.228 e. The maximum absolute atomic E-state index is 12.9. The van der Waals surface area contributed by atoms with E-state index in [-0.39, 0.29) is 23.7 Å². The fourth-order valence-electron chi connectivity index (χ4n) is 4.44. The number of anilines is 1. The molecule has 1 unspecified atom stereocenters. The lowest BCUT2D eigenvalue weighted by molar-refractivity contribution is -0.126. The zero-order valence-electron chi connectivity index (χ0n) is 14.8. The van der Waals surface area contributed by atoms with Crippen molar-refractivity contribution in [1.29, 1.82) is 0 Å². The van der Waals surface area contributed by atoms with E-state index < -0.39 is 5.92 Å². The molecule has 0 saturated heterocycles. The average Bonchev–Trinajstić information content (AvgIpc) is 3.16. The van der Waals surface area contributed by atoms with Gasteiger partial charge in [0.05, 0.1) is 5.92 Å². The molecular formula is C22H24N2O2. The van der Waals surface area contributed by atoms with Gasteiger partial charge in [0.25, 0.3) is 0 Å². The predicted octanol–water partition coefficient (Wildman–Crippen LogP) is 3.74. The zero-order chi connectivity index (χ0) is 18.0. The molecule has 2 amide bonds. The van der Waals surface area contributed by atoms with E-state index in [4.69, 9.17) is 0 Å². The van der Waals surface area contributed by atoms with Crippen LogP contribution in [-0.4, -0.2) is 18.4 Å². The van der Waals surface area contributed by atoms with Crippen molar-refractivity contribution in [2.45, 2.75) is 43.4 Å². The number of para-hydroxylation sites is 1. The first kappa shape index (κ1) is 16.8. The lowest BCUT2D eigenvalue weighted by atomic mass is 9.78. The molecule has 1 aliphatic heterocycles. The Hall–Kier alpha value is -2.62. The topological polar surface area (TPSA) is 58.2 Å². The minimum Gasteiger partial charge on any atom is -0.355 e. The Kier molecular flexibility index (Phi) is 4.49. The highest BCUT2D eigenvalue weighted by molar-refractivity contribution is 6.01. The second-order valence-electron chi connectivity index (χ2n) is 7.46. The molecule has 2 aromatic rings. The summed E-state index contributed by atoms with van der Waals surface area (Å²) >= 11 is 0. The number of fused-ring (bicyclic) bond motifs is 1. The second kappa shape index (κ2) is 6.94. The zero-order valence-corrected chi connectivity index (χ0v) is 14.8. The first-order valence-corrected chi connectivity index (χ1v) is 9.40. The summed E-state index contributed by atoms with van der Waals surface area (Å²) in [6, 6.07) is 18.1. The number of rotatable bonds is 4. The normalized spacial score (nSPS) is 20.9. The van der Waals surface area contributed by atoms with Gasteiger partial charge < -0.3 is 10.6 Å². The molecule has 0 bridgehead atoms. The Labute approximate surface area is 154 Å². The smallest absolute Gasteiger partial charge is 0.228 e. The summed E-state index contributed by atoms with van der Waals surface area (Å²) in [6.07, 6.45) is 4.79. The first-order valence-electron chi connectivity index (χ1n) is 9.40. The van der Waals surface area contributed by atoms with Gasteiger partial charge in [-0.05, 0) is 30.0 Å². The largest absolute Gasteiger partial charge is 0.355 e. The van der Waals surface area contributed by atoms with Crippen LogP contribution in [0, 0.1) is 0 Å². The monoisotopic (exact) mass is 348 g/mol. The van der Waals surface area contributed by atoms with Crippen molar-refractivity contribution in [2.75, 3.05) is 11.9 Å². The van der Waals surface area contributed by atoms with E-state index in [1.165, 1.54) is 18.4 Å². The molecule has 1 heterocycles. The third-order valence-electron chi connectivity index (χ3n) is 5.86. The van der Waals surface area contributed by atoms with Gasteiger partial charge in [-0.1, -0.05) is 61.4 Å². The highest BCUT2D eigenvalue weighted by atomic mass is 16.2. The van der Waals surface area contributed by atoms with E-state index in [1.807, 2.05) is 30.3 Å². The van der Waals surface area contributed by atoms with E-state index in [2.05, 4.69) is 34.9 Å². The summed E-state index contributed by atoms with van der Waals surface area (Å²) in [4.78, 5) is 24.9. The van der Waals surface area contributed by atoms with Crippen LogP contribution in [0.3, 0.4) is 0 Å². The first-order chi connectivity index (χ1) is 12.7. The van der Waals surface area contributed by atoms with Crippen LogP contribution >= 0.6 is 0 Å².